The van der Waals surface area contributed by atoms with Gasteiger partial charge < -0.3 is 20.8 Å². The van der Waals surface area contributed by atoms with Gasteiger partial charge in [-0.05, 0) is 31.0 Å². The minimum absolute atomic E-state index is 0.116. The van der Waals surface area contributed by atoms with Crippen LogP contribution in [-0.2, 0) is 11.2 Å². The first-order valence-corrected chi connectivity index (χ1v) is 7.31. The zero-order chi connectivity index (χ0) is 15.9. The second kappa shape index (κ2) is 5.46. The molecule has 1 aromatic heterocycles. The number of aromatic amines is 1. The topological polar surface area (TPSA) is 97.2 Å². The summed E-state index contributed by atoms with van der Waals surface area (Å²) in [6, 6.07) is 4.78. The summed E-state index contributed by atoms with van der Waals surface area (Å²) in [6.07, 6.45) is 0.611. The van der Waals surface area contributed by atoms with Gasteiger partial charge in [0.2, 0.25) is 11.5 Å². The van der Waals surface area contributed by atoms with E-state index >= 15 is 0 Å². The molecule has 2 aromatic rings. The number of amides is 1. The van der Waals surface area contributed by atoms with Gasteiger partial charge in [0.15, 0.2) is 0 Å². The molecule has 0 fully saturated rings. The van der Waals surface area contributed by atoms with Crippen molar-refractivity contribution in [3.05, 3.63) is 39.7 Å². The van der Waals surface area contributed by atoms with Gasteiger partial charge in [-0.2, -0.15) is 0 Å². The van der Waals surface area contributed by atoms with E-state index in [4.69, 9.17) is 10.5 Å². The summed E-state index contributed by atoms with van der Waals surface area (Å²) in [5, 5.41) is 3.68. The molecule has 0 aliphatic carbocycles. The second-order valence-corrected chi connectivity index (χ2v) is 5.77. The molecule has 1 aromatic carbocycles. The van der Waals surface area contributed by atoms with Gasteiger partial charge in [0, 0.05) is 17.9 Å². The van der Waals surface area contributed by atoms with Crippen LogP contribution in [0.3, 0.4) is 0 Å². The molecule has 1 amide bonds. The molecule has 0 saturated heterocycles. The van der Waals surface area contributed by atoms with E-state index in [0.29, 0.717) is 6.54 Å². The summed E-state index contributed by atoms with van der Waals surface area (Å²) in [5.41, 5.74) is 8.30. The Morgan fingerprint density at radius 2 is 2.32 bits per heavy atom. The number of aryl methyl sites for hydroxylation is 1. The van der Waals surface area contributed by atoms with Crippen molar-refractivity contribution in [2.75, 3.05) is 6.54 Å². The monoisotopic (exact) mass is 301 g/mol. The van der Waals surface area contributed by atoms with E-state index in [1.54, 1.807) is 13.0 Å². The number of carbonyl (C=O) groups is 1. The Labute approximate surface area is 127 Å². The number of pyridine rings is 1. The summed E-state index contributed by atoms with van der Waals surface area (Å²) in [5.74, 6) is 0.599. The molecule has 0 bridgehead atoms. The van der Waals surface area contributed by atoms with E-state index in [9.17, 15) is 9.59 Å². The van der Waals surface area contributed by atoms with Gasteiger partial charge in [-0.25, -0.2) is 0 Å². The fraction of sp³-hybridized carbons (Fsp3) is 0.375. The number of nitrogens with one attached hydrogen (secondary N) is 2. The minimum atomic E-state index is -0.531. The van der Waals surface area contributed by atoms with Gasteiger partial charge >= 0.3 is 0 Å². The molecular formula is C16H19N3O3. The van der Waals surface area contributed by atoms with Crippen molar-refractivity contribution in [1.29, 1.82) is 0 Å². The highest BCUT2D eigenvalue weighted by molar-refractivity contribution is 5.89. The molecule has 0 radical (unpaired) electrons. The molecule has 22 heavy (non-hydrogen) atoms. The number of aromatic nitrogens is 1. The predicted octanol–water partition coefficient (Wildman–Crippen LogP) is 0.603. The van der Waals surface area contributed by atoms with Crippen LogP contribution in [0.1, 0.15) is 18.1 Å². The zero-order valence-corrected chi connectivity index (χ0v) is 12.6. The molecule has 2 atom stereocenters. The van der Waals surface area contributed by atoms with Crippen LogP contribution in [0.2, 0.25) is 0 Å². The number of benzene rings is 1. The highest BCUT2D eigenvalue weighted by atomic mass is 16.5. The Morgan fingerprint density at radius 3 is 3.05 bits per heavy atom. The van der Waals surface area contributed by atoms with Crippen molar-refractivity contribution in [1.82, 2.24) is 10.3 Å². The Morgan fingerprint density at radius 1 is 1.55 bits per heavy atom. The molecule has 6 nitrogen and oxygen atoms in total. The quantitative estimate of drug-likeness (QED) is 0.773. The van der Waals surface area contributed by atoms with Crippen molar-refractivity contribution in [3.8, 4) is 5.75 Å². The highest BCUT2D eigenvalue weighted by Crippen LogP contribution is 2.36. The lowest BCUT2D eigenvalue weighted by Gasteiger charge is -2.13. The number of rotatable bonds is 3. The lowest BCUT2D eigenvalue weighted by atomic mass is 10.0. The average molecular weight is 301 g/mol. The molecule has 1 aliphatic heterocycles. The van der Waals surface area contributed by atoms with E-state index < -0.39 is 6.04 Å². The largest absolute Gasteiger partial charge is 0.487 e. The minimum Gasteiger partial charge on any atom is -0.487 e. The second-order valence-electron chi connectivity index (χ2n) is 5.77. The van der Waals surface area contributed by atoms with Crippen LogP contribution in [0.4, 0.5) is 0 Å². The molecule has 3 rings (SSSR count). The van der Waals surface area contributed by atoms with Crippen LogP contribution in [-0.4, -0.2) is 29.6 Å². The lowest BCUT2D eigenvalue weighted by Crippen LogP contribution is -2.42. The van der Waals surface area contributed by atoms with E-state index in [1.165, 1.54) is 6.07 Å². The van der Waals surface area contributed by atoms with Gasteiger partial charge in [-0.15, -0.1) is 0 Å². The maximum atomic E-state index is 11.5. The maximum absolute atomic E-state index is 11.5. The first kappa shape index (κ1) is 14.6. The SMILES string of the molecule is Cc1cc2c(c3ccc(=O)[nH]c13)OC(CNC(=O)[C@H](C)N)C2. The van der Waals surface area contributed by atoms with Crippen molar-refractivity contribution >= 4 is 16.8 Å². The smallest absolute Gasteiger partial charge is 0.248 e. The van der Waals surface area contributed by atoms with Crippen molar-refractivity contribution in [2.45, 2.75) is 32.4 Å². The van der Waals surface area contributed by atoms with E-state index in [1.807, 2.05) is 13.0 Å². The molecule has 4 N–H and O–H groups in total. The van der Waals surface area contributed by atoms with Crippen LogP contribution >= 0.6 is 0 Å². The van der Waals surface area contributed by atoms with Crippen molar-refractivity contribution in [2.24, 2.45) is 5.73 Å². The molecule has 2 heterocycles. The molecule has 116 valence electrons. The Balaban J connectivity index is 1.86. The first-order chi connectivity index (χ1) is 10.5. The van der Waals surface area contributed by atoms with Crippen LogP contribution in [0, 0.1) is 6.92 Å². The summed E-state index contributed by atoms with van der Waals surface area (Å²) < 4.78 is 5.97. The zero-order valence-electron chi connectivity index (χ0n) is 12.6. The van der Waals surface area contributed by atoms with Crippen molar-refractivity contribution in [3.63, 3.8) is 0 Å². The molecule has 0 saturated carbocycles. The van der Waals surface area contributed by atoms with Crippen LogP contribution in [0.15, 0.2) is 23.0 Å². The number of hydrogen-bond acceptors (Lipinski definition) is 4. The van der Waals surface area contributed by atoms with E-state index in [-0.39, 0.29) is 17.6 Å². The Bertz CT molecular complexity index is 795. The highest BCUT2D eigenvalue weighted by Gasteiger charge is 2.26. The fourth-order valence-corrected chi connectivity index (χ4v) is 2.78. The molecule has 6 heteroatoms. The first-order valence-electron chi connectivity index (χ1n) is 7.31. The van der Waals surface area contributed by atoms with Gasteiger partial charge in [0.05, 0.1) is 18.1 Å². The maximum Gasteiger partial charge on any atom is 0.248 e. The summed E-state index contributed by atoms with van der Waals surface area (Å²) in [7, 11) is 0. The standard InChI is InChI=1S/C16H19N3O3/c1-8-5-10-6-11(7-18-16(21)9(2)17)22-15(10)12-3-4-13(20)19-14(8)12/h3-5,9,11H,6-7,17H2,1-2H3,(H,18,21)(H,19,20)/t9-,11?/m0/s1. The van der Waals surface area contributed by atoms with Crippen molar-refractivity contribution < 1.29 is 9.53 Å². The number of ether oxygens (including phenoxy) is 1. The summed E-state index contributed by atoms with van der Waals surface area (Å²) in [6.45, 7) is 4.02. The van der Waals surface area contributed by atoms with Gasteiger partial charge in [-0.1, -0.05) is 6.07 Å². The number of hydrogen-bond donors (Lipinski definition) is 3. The average Bonchev–Trinajstić information content (AvgIpc) is 2.87. The number of nitrogens with two attached hydrogens (primary N) is 1. The van der Waals surface area contributed by atoms with Gasteiger partial charge in [0.25, 0.3) is 0 Å². The summed E-state index contributed by atoms with van der Waals surface area (Å²) >= 11 is 0. The third-order valence-corrected chi connectivity index (χ3v) is 3.89. The van der Waals surface area contributed by atoms with Crippen LogP contribution in [0.25, 0.3) is 10.9 Å². The third-order valence-electron chi connectivity index (χ3n) is 3.89. The lowest BCUT2D eigenvalue weighted by molar-refractivity contribution is -0.122. The number of fused-ring (bicyclic) bond motifs is 3. The van der Waals surface area contributed by atoms with E-state index in [0.717, 1.165) is 34.2 Å². The van der Waals surface area contributed by atoms with E-state index in [2.05, 4.69) is 10.3 Å². The molecular weight excluding hydrogens is 282 g/mol. The Kier molecular flexibility index (Phi) is 3.62. The third kappa shape index (κ3) is 2.57. The fourth-order valence-electron chi connectivity index (χ4n) is 2.78. The van der Waals surface area contributed by atoms with Crippen LogP contribution < -0.4 is 21.3 Å². The summed E-state index contributed by atoms with van der Waals surface area (Å²) in [4.78, 5) is 25.9. The number of carbonyl (C=O) groups excluding carboxylic acids is 1. The molecule has 0 spiro atoms. The molecule has 1 unspecified atom stereocenters. The van der Waals surface area contributed by atoms with Gasteiger partial charge in [-0.3, -0.25) is 9.59 Å². The Hall–Kier alpha value is -2.34. The normalized spacial score (nSPS) is 17.9. The number of H-pyrrole nitrogens is 1. The van der Waals surface area contributed by atoms with Gasteiger partial charge in [0.1, 0.15) is 11.9 Å². The predicted molar refractivity (Wildman–Crippen MR) is 84.1 cm³/mol. The van der Waals surface area contributed by atoms with Crippen LogP contribution in [0.5, 0.6) is 5.75 Å². The molecule has 1 aliphatic rings.